The van der Waals surface area contributed by atoms with E-state index in [2.05, 4.69) is 27.9 Å². The fraction of sp³-hybridized carbons (Fsp3) is 0.133. The van der Waals surface area contributed by atoms with Crippen LogP contribution in [0.15, 0.2) is 48.5 Å². The zero-order chi connectivity index (χ0) is 16.2. The maximum absolute atomic E-state index is 12.6. The van der Waals surface area contributed by atoms with E-state index in [-0.39, 0.29) is 12.4 Å². The van der Waals surface area contributed by atoms with E-state index in [0.717, 1.165) is 15.7 Å². The van der Waals surface area contributed by atoms with Crippen molar-refractivity contribution in [2.24, 2.45) is 0 Å². The highest BCUT2D eigenvalue weighted by Crippen LogP contribution is 2.31. The van der Waals surface area contributed by atoms with Crippen molar-refractivity contribution < 1.29 is 22.7 Å². The highest BCUT2D eigenvalue weighted by Gasteiger charge is 2.30. The monoisotopic (exact) mass is 421 g/mol. The average Bonchev–Trinajstić information content (AvgIpc) is 2.47. The van der Waals surface area contributed by atoms with Crippen LogP contribution in [0.4, 0.5) is 18.9 Å². The number of para-hydroxylation sites is 1. The lowest BCUT2D eigenvalue weighted by Gasteiger charge is -2.11. The minimum Gasteiger partial charge on any atom is -0.484 e. The first-order valence-corrected chi connectivity index (χ1v) is 7.28. The number of alkyl halides is 3. The van der Waals surface area contributed by atoms with Crippen LogP contribution in [0, 0.1) is 3.57 Å². The number of halogens is 4. The van der Waals surface area contributed by atoms with Gasteiger partial charge in [0.25, 0.3) is 5.91 Å². The smallest absolute Gasteiger partial charge is 0.416 e. The lowest BCUT2D eigenvalue weighted by Crippen LogP contribution is -2.20. The molecule has 0 aromatic heterocycles. The van der Waals surface area contributed by atoms with Gasteiger partial charge in [-0.3, -0.25) is 4.79 Å². The predicted octanol–water partition coefficient (Wildman–Crippen LogP) is 4.33. The summed E-state index contributed by atoms with van der Waals surface area (Å²) in [6, 6.07) is 11.6. The Hall–Kier alpha value is -1.77. The van der Waals surface area contributed by atoms with Crippen molar-refractivity contribution in [2.45, 2.75) is 6.18 Å². The van der Waals surface area contributed by atoms with Gasteiger partial charge >= 0.3 is 6.18 Å². The highest BCUT2D eigenvalue weighted by molar-refractivity contribution is 14.1. The van der Waals surface area contributed by atoms with Crippen LogP contribution in [0.2, 0.25) is 0 Å². The second kappa shape index (κ2) is 6.99. The third kappa shape index (κ3) is 4.62. The number of ether oxygens (including phenoxy) is 1. The molecule has 0 aliphatic carbocycles. The summed E-state index contributed by atoms with van der Waals surface area (Å²) in [4.78, 5) is 11.8. The molecular formula is C15H11F3INO2. The molecule has 22 heavy (non-hydrogen) atoms. The minimum absolute atomic E-state index is 0.00673. The summed E-state index contributed by atoms with van der Waals surface area (Å²) in [5.74, 6) is -0.450. The number of carbonyl (C=O) groups is 1. The van der Waals surface area contributed by atoms with Crippen LogP contribution >= 0.6 is 22.6 Å². The first-order valence-electron chi connectivity index (χ1n) is 6.21. The molecule has 1 amide bonds. The fourth-order valence-electron chi connectivity index (χ4n) is 1.66. The predicted molar refractivity (Wildman–Crippen MR) is 84.7 cm³/mol. The van der Waals surface area contributed by atoms with Gasteiger partial charge in [0.2, 0.25) is 0 Å². The van der Waals surface area contributed by atoms with Crippen LogP contribution in [0.5, 0.6) is 5.75 Å². The van der Waals surface area contributed by atoms with Gasteiger partial charge in [0, 0.05) is 3.57 Å². The third-order valence-corrected chi connectivity index (χ3v) is 3.62. The zero-order valence-corrected chi connectivity index (χ0v) is 13.3. The fourth-order valence-corrected chi connectivity index (χ4v) is 2.18. The summed E-state index contributed by atoms with van der Waals surface area (Å²) < 4.78 is 43.6. The van der Waals surface area contributed by atoms with Gasteiger partial charge in [-0.05, 0) is 52.9 Å². The molecule has 2 aromatic rings. The summed E-state index contributed by atoms with van der Waals surface area (Å²) >= 11 is 2.07. The molecule has 0 saturated carbocycles. The molecule has 1 N–H and O–H groups in total. The van der Waals surface area contributed by atoms with E-state index < -0.39 is 17.6 Å². The Bertz CT molecular complexity index is 674. The molecule has 2 rings (SSSR count). The van der Waals surface area contributed by atoms with Crippen LogP contribution < -0.4 is 10.1 Å². The van der Waals surface area contributed by atoms with Gasteiger partial charge in [0.15, 0.2) is 6.61 Å². The summed E-state index contributed by atoms with van der Waals surface area (Å²) in [7, 11) is 0. The van der Waals surface area contributed by atoms with Crippen molar-refractivity contribution in [3.63, 3.8) is 0 Å². The van der Waals surface area contributed by atoms with E-state index in [4.69, 9.17) is 4.74 Å². The normalized spacial score (nSPS) is 11.1. The lowest BCUT2D eigenvalue weighted by molar-refractivity contribution is -0.137. The number of hydrogen-bond acceptors (Lipinski definition) is 2. The second-order valence-electron chi connectivity index (χ2n) is 4.34. The Kier molecular flexibility index (Phi) is 5.28. The van der Waals surface area contributed by atoms with Crippen LogP contribution in [0.25, 0.3) is 0 Å². The number of anilines is 1. The van der Waals surface area contributed by atoms with E-state index in [0.29, 0.717) is 5.69 Å². The molecule has 0 aliphatic rings. The third-order valence-electron chi connectivity index (χ3n) is 2.68. The summed E-state index contributed by atoms with van der Waals surface area (Å²) in [6.07, 6.45) is -4.44. The highest BCUT2D eigenvalue weighted by atomic mass is 127. The number of hydrogen-bond donors (Lipinski definition) is 1. The molecular weight excluding hydrogens is 410 g/mol. The van der Waals surface area contributed by atoms with E-state index in [1.807, 2.05) is 12.1 Å². The molecule has 0 unspecified atom stereocenters. The Morgan fingerprint density at radius 2 is 1.86 bits per heavy atom. The van der Waals surface area contributed by atoms with Gasteiger partial charge in [-0.15, -0.1) is 0 Å². The van der Waals surface area contributed by atoms with Crippen molar-refractivity contribution in [1.82, 2.24) is 0 Å². The number of benzene rings is 2. The maximum atomic E-state index is 12.6. The van der Waals surface area contributed by atoms with E-state index in [1.165, 1.54) is 12.1 Å². The van der Waals surface area contributed by atoms with Gasteiger partial charge in [-0.2, -0.15) is 13.2 Å². The Morgan fingerprint density at radius 3 is 2.55 bits per heavy atom. The van der Waals surface area contributed by atoms with Gasteiger partial charge < -0.3 is 10.1 Å². The largest absolute Gasteiger partial charge is 0.484 e. The second-order valence-corrected chi connectivity index (χ2v) is 5.50. The molecule has 0 fully saturated rings. The quantitative estimate of drug-likeness (QED) is 0.747. The summed E-state index contributed by atoms with van der Waals surface area (Å²) in [5.41, 5.74) is -0.191. The summed E-state index contributed by atoms with van der Waals surface area (Å²) in [6.45, 7) is -0.369. The molecule has 0 bridgehead atoms. The number of amides is 1. The standard InChI is InChI=1S/C15H11F3INO2/c16-15(17,18)10-4-3-5-11(8-10)22-9-14(21)20-13-7-2-1-6-12(13)19/h1-8H,9H2,(H,20,21). The molecule has 3 nitrogen and oxygen atoms in total. The summed E-state index contributed by atoms with van der Waals surface area (Å²) in [5, 5.41) is 2.63. The molecule has 0 aliphatic heterocycles. The number of carbonyl (C=O) groups excluding carboxylic acids is 1. The first-order chi connectivity index (χ1) is 10.4. The van der Waals surface area contributed by atoms with Crippen LogP contribution in [-0.2, 0) is 11.0 Å². The van der Waals surface area contributed by atoms with Gasteiger partial charge in [-0.25, -0.2) is 0 Å². The van der Waals surface area contributed by atoms with Crippen molar-refractivity contribution in [3.05, 3.63) is 57.7 Å². The van der Waals surface area contributed by atoms with Gasteiger partial charge in [0.05, 0.1) is 11.3 Å². The molecule has 2 aromatic carbocycles. The first kappa shape index (κ1) is 16.6. The maximum Gasteiger partial charge on any atom is 0.416 e. The Labute approximate surface area is 138 Å². The molecule has 0 heterocycles. The molecule has 7 heteroatoms. The number of nitrogens with one attached hydrogen (secondary N) is 1. The molecule has 0 atom stereocenters. The Morgan fingerprint density at radius 1 is 1.14 bits per heavy atom. The zero-order valence-electron chi connectivity index (χ0n) is 11.2. The van der Waals surface area contributed by atoms with Crippen LogP contribution in [0.1, 0.15) is 5.56 Å². The Balaban J connectivity index is 1.96. The average molecular weight is 421 g/mol. The molecule has 116 valence electrons. The molecule has 0 radical (unpaired) electrons. The topological polar surface area (TPSA) is 38.3 Å². The lowest BCUT2D eigenvalue weighted by atomic mass is 10.2. The SMILES string of the molecule is O=C(COc1cccc(C(F)(F)F)c1)Nc1ccccc1I. The van der Waals surface area contributed by atoms with Gasteiger partial charge in [-0.1, -0.05) is 18.2 Å². The van der Waals surface area contributed by atoms with Gasteiger partial charge in [0.1, 0.15) is 5.75 Å². The molecule has 0 saturated heterocycles. The van der Waals surface area contributed by atoms with Crippen molar-refractivity contribution in [2.75, 3.05) is 11.9 Å². The van der Waals surface area contributed by atoms with Crippen molar-refractivity contribution in [3.8, 4) is 5.75 Å². The van der Waals surface area contributed by atoms with E-state index in [1.54, 1.807) is 12.1 Å². The minimum atomic E-state index is -4.44. The van der Waals surface area contributed by atoms with E-state index in [9.17, 15) is 18.0 Å². The molecule has 0 spiro atoms. The van der Waals surface area contributed by atoms with Crippen LogP contribution in [-0.4, -0.2) is 12.5 Å². The van der Waals surface area contributed by atoms with Crippen molar-refractivity contribution >= 4 is 34.2 Å². The van der Waals surface area contributed by atoms with Crippen molar-refractivity contribution in [1.29, 1.82) is 0 Å². The van der Waals surface area contributed by atoms with Crippen LogP contribution in [0.3, 0.4) is 0 Å². The van der Waals surface area contributed by atoms with E-state index >= 15 is 0 Å². The number of rotatable bonds is 4.